The van der Waals surface area contributed by atoms with E-state index in [4.69, 9.17) is 4.98 Å². The van der Waals surface area contributed by atoms with Crippen LogP contribution in [0.1, 0.15) is 30.0 Å². The van der Waals surface area contributed by atoms with E-state index in [1.807, 2.05) is 31.5 Å². The van der Waals surface area contributed by atoms with Gasteiger partial charge < -0.3 is 9.88 Å². The highest BCUT2D eigenvalue weighted by Crippen LogP contribution is 2.21. The van der Waals surface area contributed by atoms with E-state index in [1.54, 1.807) is 12.1 Å². The molecule has 0 unspecified atom stereocenters. The van der Waals surface area contributed by atoms with Crippen molar-refractivity contribution in [3.8, 4) is 0 Å². The standard InChI is InChI=1S/C23H28FN5O3S/c1-16(2)25-23(30)17-4-9-21-20(14-17)26-22(27(21)3)15-28-10-12-29(13-11-28)33(31,32)19-7-5-18(24)6-8-19/h4-9,14,16H,10-13,15H2,1-3H3,(H,25,30). The first-order valence-electron chi connectivity index (χ1n) is 10.9. The quantitative estimate of drug-likeness (QED) is 0.594. The van der Waals surface area contributed by atoms with Gasteiger partial charge in [-0.25, -0.2) is 17.8 Å². The van der Waals surface area contributed by atoms with E-state index in [2.05, 4.69) is 10.2 Å². The Balaban J connectivity index is 1.44. The maximum Gasteiger partial charge on any atom is 0.251 e. The first-order valence-corrected chi connectivity index (χ1v) is 12.3. The van der Waals surface area contributed by atoms with Crippen LogP contribution in [-0.2, 0) is 23.6 Å². The summed E-state index contributed by atoms with van der Waals surface area (Å²) in [7, 11) is -1.71. The molecule has 1 N–H and O–H groups in total. The molecular weight excluding hydrogens is 445 g/mol. The van der Waals surface area contributed by atoms with E-state index in [0.29, 0.717) is 38.3 Å². The van der Waals surface area contributed by atoms with Gasteiger partial charge in [-0.1, -0.05) is 0 Å². The van der Waals surface area contributed by atoms with Gasteiger partial charge in [-0.05, 0) is 56.3 Å². The Morgan fingerprint density at radius 3 is 2.39 bits per heavy atom. The Kier molecular flexibility index (Phi) is 6.51. The number of nitrogens with zero attached hydrogens (tertiary/aromatic N) is 4. The number of carbonyl (C=O) groups is 1. The number of benzene rings is 2. The monoisotopic (exact) mass is 473 g/mol. The molecule has 1 aromatic heterocycles. The van der Waals surface area contributed by atoms with E-state index < -0.39 is 15.8 Å². The van der Waals surface area contributed by atoms with Crippen molar-refractivity contribution < 1.29 is 17.6 Å². The summed E-state index contributed by atoms with van der Waals surface area (Å²) in [6.07, 6.45) is 0. The fraction of sp³-hybridized carbons (Fsp3) is 0.391. The van der Waals surface area contributed by atoms with Crippen LogP contribution < -0.4 is 5.32 Å². The molecule has 10 heteroatoms. The average Bonchev–Trinajstić information content (AvgIpc) is 3.08. The van der Waals surface area contributed by atoms with Crippen molar-refractivity contribution in [1.82, 2.24) is 24.1 Å². The van der Waals surface area contributed by atoms with Crippen molar-refractivity contribution in [2.75, 3.05) is 26.2 Å². The molecule has 0 bridgehead atoms. The zero-order valence-corrected chi connectivity index (χ0v) is 19.8. The van der Waals surface area contributed by atoms with Gasteiger partial charge in [-0.2, -0.15) is 4.31 Å². The number of piperazine rings is 1. The summed E-state index contributed by atoms with van der Waals surface area (Å²) in [5.74, 6) is 0.257. The number of fused-ring (bicyclic) bond motifs is 1. The molecule has 0 radical (unpaired) electrons. The second-order valence-electron chi connectivity index (χ2n) is 8.55. The van der Waals surface area contributed by atoms with Crippen LogP contribution >= 0.6 is 0 Å². The van der Waals surface area contributed by atoms with Gasteiger partial charge in [0.15, 0.2) is 0 Å². The third-order valence-electron chi connectivity index (χ3n) is 5.80. The largest absolute Gasteiger partial charge is 0.350 e. The van der Waals surface area contributed by atoms with Crippen LogP contribution in [0.4, 0.5) is 4.39 Å². The zero-order chi connectivity index (χ0) is 23.8. The molecule has 1 amide bonds. The summed E-state index contributed by atoms with van der Waals surface area (Å²) in [6.45, 7) is 6.23. The minimum absolute atomic E-state index is 0.0537. The second-order valence-corrected chi connectivity index (χ2v) is 10.5. The molecular formula is C23H28FN5O3S. The summed E-state index contributed by atoms with van der Waals surface area (Å²) in [6, 6.07) is 10.5. The van der Waals surface area contributed by atoms with Gasteiger partial charge in [0.2, 0.25) is 10.0 Å². The van der Waals surface area contributed by atoms with Crippen molar-refractivity contribution in [3.05, 3.63) is 59.7 Å². The first-order chi connectivity index (χ1) is 15.6. The van der Waals surface area contributed by atoms with Gasteiger partial charge in [-0.15, -0.1) is 0 Å². The van der Waals surface area contributed by atoms with Gasteiger partial charge in [0.25, 0.3) is 5.91 Å². The number of hydrogen-bond donors (Lipinski definition) is 1. The number of amides is 1. The van der Waals surface area contributed by atoms with E-state index in [0.717, 1.165) is 29.0 Å². The number of hydrogen-bond acceptors (Lipinski definition) is 5. The lowest BCUT2D eigenvalue weighted by atomic mass is 10.2. The average molecular weight is 474 g/mol. The zero-order valence-electron chi connectivity index (χ0n) is 19.0. The normalized spacial score (nSPS) is 15.9. The Labute approximate surface area is 193 Å². The smallest absolute Gasteiger partial charge is 0.251 e. The topological polar surface area (TPSA) is 87.5 Å². The predicted molar refractivity (Wildman–Crippen MR) is 124 cm³/mol. The highest BCUT2D eigenvalue weighted by atomic mass is 32.2. The fourth-order valence-electron chi connectivity index (χ4n) is 3.96. The maximum absolute atomic E-state index is 13.2. The molecule has 176 valence electrons. The van der Waals surface area contributed by atoms with Crippen molar-refractivity contribution in [2.45, 2.75) is 31.3 Å². The van der Waals surface area contributed by atoms with Crippen LogP contribution in [0.25, 0.3) is 11.0 Å². The van der Waals surface area contributed by atoms with E-state index in [-0.39, 0.29) is 16.8 Å². The van der Waals surface area contributed by atoms with Crippen molar-refractivity contribution in [1.29, 1.82) is 0 Å². The maximum atomic E-state index is 13.2. The van der Waals surface area contributed by atoms with Gasteiger partial charge >= 0.3 is 0 Å². The summed E-state index contributed by atoms with van der Waals surface area (Å²) in [5.41, 5.74) is 2.26. The molecule has 33 heavy (non-hydrogen) atoms. The Hall–Kier alpha value is -2.82. The van der Waals surface area contributed by atoms with Crippen molar-refractivity contribution >= 4 is 27.0 Å². The number of aromatic nitrogens is 2. The molecule has 2 aromatic carbocycles. The number of imidazole rings is 1. The first kappa shape index (κ1) is 23.3. The van der Waals surface area contributed by atoms with Gasteiger partial charge in [0.05, 0.1) is 22.5 Å². The van der Waals surface area contributed by atoms with E-state index >= 15 is 0 Å². The number of carbonyl (C=O) groups excluding carboxylic acids is 1. The minimum Gasteiger partial charge on any atom is -0.350 e. The highest BCUT2D eigenvalue weighted by Gasteiger charge is 2.29. The number of rotatable bonds is 6. The molecule has 1 saturated heterocycles. The molecule has 1 aliphatic heterocycles. The van der Waals surface area contributed by atoms with Crippen molar-refractivity contribution in [3.63, 3.8) is 0 Å². The lowest BCUT2D eigenvalue weighted by Gasteiger charge is -2.33. The van der Waals surface area contributed by atoms with Crippen LogP contribution in [0.2, 0.25) is 0 Å². The summed E-state index contributed by atoms with van der Waals surface area (Å²) in [5, 5.41) is 2.89. The second kappa shape index (κ2) is 9.20. The molecule has 8 nitrogen and oxygen atoms in total. The molecule has 1 aliphatic rings. The van der Waals surface area contributed by atoms with Crippen LogP contribution in [0.15, 0.2) is 47.4 Å². The molecule has 0 saturated carbocycles. The summed E-state index contributed by atoms with van der Waals surface area (Å²) < 4.78 is 42.2. The number of halogens is 1. The van der Waals surface area contributed by atoms with E-state index in [1.165, 1.54) is 16.4 Å². The highest BCUT2D eigenvalue weighted by molar-refractivity contribution is 7.89. The third kappa shape index (κ3) is 4.92. The number of aryl methyl sites for hydroxylation is 1. The Bertz CT molecular complexity index is 1260. The van der Waals surface area contributed by atoms with Crippen LogP contribution in [0.3, 0.4) is 0 Å². The fourth-order valence-corrected chi connectivity index (χ4v) is 5.38. The molecule has 4 rings (SSSR count). The molecule has 1 fully saturated rings. The van der Waals surface area contributed by atoms with Crippen LogP contribution in [0, 0.1) is 5.82 Å². The molecule has 0 spiro atoms. The minimum atomic E-state index is -3.64. The van der Waals surface area contributed by atoms with Crippen LogP contribution in [-0.4, -0.2) is 65.3 Å². The lowest BCUT2D eigenvalue weighted by Crippen LogP contribution is -2.48. The van der Waals surface area contributed by atoms with Crippen LogP contribution in [0.5, 0.6) is 0 Å². The molecule has 0 atom stereocenters. The van der Waals surface area contributed by atoms with Gasteiger partial charge in [0, 0.05) is 44.8 Å². The molecule has 0 aliphatic carbocycles. The lowest BCUT2D eigenvalue weighted by molar-refractivity contribution is 0.0943. The summed E-state index contributed by atoms with van der Waals surface area (Å²) in [4.78, 5) is 19.3. The SMILES string of the molecule is CC(C)NC(=O)c1ccc2c(c1)nc(CN1CCN(S(=O)(=O)c3ccc(F)cc3)CC1)n2C. The van der Waals surface area contributed by atoms with Gasteiger partial charge in [-0.3, -0.25) is 9.69 Å². The Morgan fingerprint density at radius 2 is 1.76 bits per heavy atom. The molecule has 3 aromatic rings. The third-order valence-corrected chi connectivity index (χ3v) is 7.72. The van der Waals surface area contributed by atoms with Gasteiger partial charge in [0.1, 0.15) is 11.6 Å². The Morgan fingerprint density at radius 1 is 1.09 bits per heavy atom. The number of sulfonamides is 1. The molecule has 2 heterocycles. The van der Waals surface area contributed by atoms with Crippen molar-refractivity contribution in [2.24, 2.45) is 7.05 Å². The number of nitrogens with one attached hydrogen (secondary N) is 1. The predicted octanol–water partition coefficient (Wildman–Crippen LogP) is 2.36. The van der Waals surface area contributed by atoms with E-state index in [9.17, 15) is 17.6 Å². The summed E-state index contributed by atoms with van der Waals surface area (Å²) >= 11 is 0.